The Morgan fingerprint density at radius 2 is 2.08 bits per heavy atom. The fourth-order valence-corrected chi connectivity index (χ4v) is 4.04. The van der Waals surface area contributed by atoms with Crippen molar-refractivity contribution in [3.05, 3.63) is 52.0 Å². The maximum atomic E-state index is 12.7. The highest BCUT2D eigenvalue weighted by molar-refractivity contribution is 7.09. The lowest BCUT2D eigenvalue weighted by molar-refractivity contribution is -0.137. The Labute approximate surface area is 151 Å². The lowest BCUT2D eigenvalue weighted by Crippen LogP contribution is -2.40. The van der Waals surface area contributed by atoms with Gasteiger partial charge >= 0.3 is 5.97 Å². The summed E-state index contributed by atoms with van der Waals surface area (Å²) in [5.41, 5.74) is 1.69. The minimum atomic E-state index is -0.770. The van der Waals surface area contributed by atoms with Crippen LogP contribution in [0, 0.1) is 5.92 Å². The molecule has 1 aromatic heterocycles. The van der Waals surface area contributed by atoms with Crippen molar-refractivity contribution in [2.24, 2.45) is 5.92 Å². The molecule has 0 spiro atoms. The molecule has 132 valence electrons. The Kier molecular flexibility index (Phi) is 5.81. The molecule has 0 aliphatic carbocycles. The average molecular weight is 358 g/mol. The van der Waals surface area contributed by atoms with Crippen LogP contribution in [0.3, 0.4) is 0 Å². The summed E-state index contributed by atoms with van der Waals surface area (Å²) >= 11 is 1.52. The maximum Gasteiger partial charge on any atom is 0.303 e. The molecule has 1 atom stereocenters. The molecule has 6 heteroatoms. The van der Waals surface area contributed by atoms with Crippen molar-refractivity contribution in [1.29, 1.82) is 0 Å². The third-order valence-corrected chi connectivity index (χ3v) is 5.39. The summed E-state index contributed by atoms with van der Waals surface area (Å²) in [6.07, 6.45) is 3.46. The number of hydrogen-bond donors (Lipinski definition) is 1. The van der Waals surface area contributed by atoms with Crippen LogP contribution >= 0.6 is 11.3 Å². The van der Waals surface area contributed by atoms with Gasteiger partial charge in [-0.05, 0) is 30.7 Å². The van der Waals surface area contributed by atoms with Crippen molar-refractivity contribution in [2.45, 2.75) is 32.1 Å². The Hall–Kier alpha value is -2.21. The van der Waals surface area contributed by atoms with Gasteiger partial charge in [0.15, 0.2) is 0 Å². The average Bonchev–Trinajstić information content (AvgIpc) is 3.09. The molecule has 3 rings (SSSR count). The van der Waals surface area contributed by atoms with Gasteiger partial charge in [-0.15, -0.1) is 11.3 Å². The van der Waals surface area contributed by atoms with E-state index in [1.165, 1.54) is 16.9 Å². The van der Waals surface area contributed by atoms with Crippen molar-refractivity contribution >= 4 is 23.2 Å². The zero-order valence-corrected chi connectivity index (χ0v) is 14.9. The Balaban J connectivity index is 1.60. The van der Waals surface area contributed by atoms with E-state index in [9.17, 15) is 9.59 Å². The van der Waals surface area contributed by atoms with Crippen LogP contribution in [0.25, 0.3) is 0 Å². The molecule has 0 bridgehead atoms. The van der Waals surface area contributed by atoms with Crippen molar-refractivity contribution < 1.29 is 14.7 Å². The van der Waals surface area contributed by atoms with Gasteiger partial charge in [-0.2, -0.15) is 0 Å². The number of carboxylic acids is 1. The second kappa shape index (κ2) is 8.25. The molecule has 1 N–H and O–H groups in total. The summed E-state index contributed by atoms with van der Waals surface area (Å²) < 4.78 is 0. The predicted molar refractivity (Wildman–Crippen MR) is 96.9 cm³/mol. The third kappa shape index (κ3) is 4.89. The van der Waals surface area contributed by atoms with Crippen LogP contribution < -0.4 is 0 Å². The summed E-state index contributed by atoms with van der Waals surface area (Å²) in [6.45, 7) is 1.37. The van der Waals surface area contributed by atoms with E-state index in [-0.39, 0.29) is 18.2 Å². The van der Waals surface area contributed by atoms with Crippen LogP contribution in [-0.2, 0) is 11.2 Å². The Morgan fingerprint density at radius 3 is 2.84 bits per heavy atom. The topological polar surface area (TPSA) is 70.5 Å². The molecule has 0 radical (unpaired) electrons. The van der Waals surface area contributed by atoms with Crippen molar-refractivity contribution in [2.75, 3.05) is 13.1 Å². The first-order valence-electron chi connectivity index (χ1n) is 8.61. The first kappa shape index (κ1) is 17.6. The molecule has 1 aromatic carbocycles. The number of carbonyl (C=O) groups is 2. The smallest absolute Gasteiger partial charge is 0.303 e. The Bertz CT molecular complexity index is 729. The van der Waals surface area contributed by atoms with Gasteiger partial charge in [0.2, 0.25) is 0 Å². The van der Waals surface area contributed by atoms with Gasteiger partial charge in [0.05, 0.1) is 5.01 Å². The fraction of sp³-hybridized carbons (Fsp3) is 0.421. The van der Waals surface area contributed by atoms with E-state index in [0.29, 0.717) is 18.7 Å². The van der Waals surface area contributed by atoms with Crippen LogP contribution in [-0.4, -0.2) is 40.0 Å². The first-order chi connectivity index (χ1) is 12.1. The van der Waals surface area contributed by atoms with E-state index in [2.05, 4.69) is 17.1 Å². The molecular weight excluding hydrogens is 336 g/mol. The normalized spacial score (nSPS) is 17.4. The van der Waals surface area contributed by atoms with Crippen molar-refractivity contribution in [1.82, 2.24) is 9.88 Å². The second-order valence-corrected chi connectivity index (χ2v) is 7.42. The SMILES string of the molecule is O=C(O)CCC1CCCN(C(=O)c2csc(Cc3ccccc3)n2)C1. The van der Waals surface area contributed by atoms with E-state index >= 15 is 0 Å². The van der Waals surface area contributed by atoms with E-state index in [4.69, 9.17) is 5.11 Å². The van der Waals surface area contributed by atoms with Gasteiger partial charge in [-0.25, -0.2) is 4.98 Å². The summed E-state index contributed by atoms with van der Waals surface area (Å²) in [7, 11) is 0. The highest BCUT2D eigenvalue weighted by Crippen LogP contribution is 2.23. The Morgan fingerprint density at radius 1 is 1.28 bits per heavy atom. The monoisotopic (exact) mass is 358 g/mol. The molecule has 1 fully saturated rings. The number of carboxylic acid groups (broad SMARTS) is 1. The highest BCUT2D eigenvalue weighted by Gasteiger charge is 2.26. The van der Waals surface area contributed by atoms with Crippen LogP contribution in [0.1, 0.15) is 46.7 Å². The number of amides is 1. The van der Waals surface area contributed by atoms with Gasteiger partial charge in [-0.3, -0.25) is 9.59 Å². The molecule has 1 aliphatic rings. The minimum absolute atomic E-state index is 0.0319. The van der Waals surface area contributed by atoms with Crippen LogP contribution in [0.5, 0.6) is 0 Å². The highest BCUT2D eigenvalue weighted by atomic mass is 32.1. The summed E-state index contributed by atoms with van der Waals surface area (Å²) in [5, 5.41) is 11.6. The zero-order chi connectivity index (χ0) is 17.6. The number of hydrogen-bond acceptors (Lipinski definition) is 4. The van der Waals surface area contributed by atoms with Gasteiger partial charge in [0, 0.05) is 31.3 Å². The van der Waals surface area contributed by atoms with Crippen LogP contribution in [0.4, 0.5) is 0 Å². The predicted octanol–water partition coefficient (Wildman–Crippen LogP) is 3.45. The maximum absolute atomic E-state index is 12.7. The molecular formula is C19H22N2O3S. The number of piperidine rings is 1. The van der Waals surface area contributed by atoms with Crippen LogP contribution in [0.15, 0.2) is 35.7 Å². The number of benzene rings is 1. The number of nitrogens with zero attached hydrogens (tertiary/aromatic N) is 2. The van der Waals surface area contributed by atoms with Crippen LogP contribution in [0.2, 0.25) is 0 Å². The van der Waals surface area contributed by atoms with Crippen molar-refractivity contribution in [3.63, 3.8) is 0 Å². The van der Waals surface area contributed by atoms with Gasteiger partial charge in [0.25, 0.3) is 5.91 Å². The summed E-state index contributed by atoms with van der Waals surface area (Å²) in [6, 6.07) is 10.1. The van der Waals surface area contributed by atoms with E-state index in [1.807, 2.05) is 28.5 Å². The van der Waals surface area contributed by atoms with E-state index in [1.54, 1.807) is 0 Å². The van der Waals surface area contributed by atoms with E-state index < -0.39 is 5.97 Å². The molecule has 25 heavy (non-hydrogen) atoms. The fourth-order valence-electron chi connectivity index (χ4n) is 3.24. The van der Waals surface area contributed by atoms with Crippen molar-refractivity contribution in [3.8, 4) is 0 Å². The molecule has 0 saturated carbocycles. The first-order valence-corrected chi connectivity index (χ1v) is 9.49. The quantitative estimate of drug-likeness (QED) is 0.858. The molecule has 2 aromatic rings. The standard InChI is InChI=1S/C19H22N2O3S/c22-18(23)9-8-15-7-4-10-21(12-15)19(24)16-13-25-17(20-16)11-14-5-2-1-3-6-14/h1-3,5-6,13,15H,4,7-12H2,(H,22,23). The molecule has 1 amide bonds. The largest absolute Gasteiger partial charge is 0.481 e. The lowest BCUT2D eigenvalue weighted by Gasteiger charge is -2.32. The second-order valence-electron chi connectivity index (χ2n) is 6.48. The van der Waals surface area contributed by atoms with E-state index in [0.717, 1.165) is 30.8 Å². The zero-order valence-electron chi connectivity index (χ0n) is 14.1. The molecule has 1 aliphatic heterocycles. The van der Waals surface area contributed by atoms with Gasteiger partial charge in [0.1, 0.15) is 5.69 Å². The number of rotatable bonds is 6. The lowest BCUT2D eigenvalue weighted by atomic mass is 9.93. The molecule has 5 nitrogen and oxygen atoms in total. The molecule has 2 heterocycles. The third-order valence-electron chi connectivity index (χ3n) is 4.54. The number of thiazole rings is 1. The van der Waals surface area contributed by atoms with Gasteiger partial charge < -0.3 is 10.0 Å². The number of carbonyl (C=O) groups excluding carboxylic acids is 1. The summed E-state index contributed by atoms with van der Waals surface area (Å²) in [5.74, 6) is -0.527. The minimum Gasteiger partial charge on any atom is -0.481 e. The summed E-state index contributed by atoms with van der Waals surface area (Å²) in [4.78, 5) is 29.8. The number of aliphatic carboxylic acids is 1. The number of likely N-dealkylation sites (tertiary alicyclic amines) is 1. The molecule has 1 saturated heterocycles. The number of aromatic nitrogens is 1. The molecule has 1 unspecified atom stereocenters. The van der Waals surface area contributed by atoms with Gasteiger partial charge in [-0.1, -0.05) is 30.3 Å².